The lowest BCUT2D eigenvalue weighted by molar-refractivity contribution is 0.167. The molecular formula is C19H22F2IN3O4S. The summed E-state index contributed by atoms with van der Waals surface area (Å²) in [5.41, 5.74) is 0.0298. The van der Waals surface area contributed by atoms with Gasteiger partial charge in [-0.3, -0.25) is 14.1 Å². The molecule has 0 unspecified atom stereocenters. The number of pyridine rings is 1. The van der Waals surface area contributed by atoms with Crippen molar-refractivity contribution in [3.05, 3.63) is 49.6 Å². The highest BCUT2D eigenvalue weighted by molar-refractivity contribution is 14.1. The van der Waals surface area contributed by atoms with Crippen LogP contribution in [0.15, 0.2) is 29.1 Å². The first-order valence-corrected chi connectivity index (χ1v) is 11.8. The maximum atomic E-state index is 14.3. The van der Waals surface area contributed by atoms with Crippen molar-refractivity contribution in [2.75, 3.05) is 16.6 Å². The second kappa shape index (κ2) is 8.42. The molecule has 0 bridgehead atoms. The summed E-state index contributed by atoms with van der Waals surface area (Å²) in [6.07, 6.45) is -1.44. The van der Waals surface area contributed by atoms with E-state index in [1.54, 1.807) is 6.07 Å². The average molecular weight is 553 g/mol. The van der Waals surface area contributed by atoms with E-state index in [1.165, 1.54) is 36.7 Å². The summed E-state index contributed by atoms with van der Waals surface area (Å²) < 4.78 is 57.1. The second-order valence-corrected chi connectivity index (χ2v) is 10.8. The van der Waals surface area contributed by atoms with E-state index in [1.807, 2.05) is 22.6 Å². The van der Waals surface area contributed by atoms with Crippen LogP contribution in [0.3, 0.4) is 0 Å². The first-order chi connectivity index (χ1) is 14.0. The van der Waals surface area contributed by atoms with E-state index in [4.69, 9.17) is 5.11 Å². The van der Waals surface area contributed by atoms with Gasteiger partial charge in [-0.2, -0.15) is 0 Å². The van der Waals surface area contributed by atoms with Gasteiger partial charge in [-0.25, -0.2) is 17.2 Å². The molecule has 0 aliphatic heterocycles. The SMILES string of the molecule is Cc1cc(NS(=O)(=O)C2(C[C@@H](F)CO)CC2)c(Nc2ccc(I)cc2F)n(C)c1=O. The number of alkyl halides is 1. The molecule has 1 atom stereocenters. The number of aliphatic hydroxyl groups excluding tert-OH is 1. The number of anilines is 3. The van der Waals surface area contributed by atoms with Crippen molar-refractivity contribution >= 4 is 49.8 Å². The van der Waals surface area contributed by atoms with Gasteiger partial charge >= 0.3 is 0 Å². The molecule has 0 amide bonds. The predicted octanol–water partition coefficient (Wildman–Crippen LogP) is 3.18. The maximum Gasteiger partial charge on any atom is 0.254 e. The third-order valence-corrected chi connectivity index (χ3v) is 8.07. The standard InChI is InChI=1S/C19H22F2IN3O4S/c1-11-7-16(24-30(28,29)19(5-6-19)9-12(20)10-26)17(25(2)18(11)27)23-15-4-3-13(22)8-14(15)21/h3-4,7-8,12,23-24,26H,5-6,9-10H2,1-2H3/t12-/m1/s1. The van der Waals surface area contributed by atoms with Crippen LogP contribution in [0.5, 0.6) is 0 Å². The van der Waals surface area contributed by atoms with Gasteiger partial charge in [0, 0.05) is 22.6 Å². The number of aromatic nitrogens is 1. The van der Waals surface area contributed by atoms with Gasteiger partial charge in [-0.15, -0.1) is 0 Å². The Morgan fingerprint density at radius 1 is 1.30 bits per heavy atom. The lowest BCUT2D eigenvalue weighted by Crippen LogP contribution is -2.34. The summed E-state index contributed by atoms with van der Waals surface area (Å²) in [6, 6.07) is 5.81. The number of hydrogen-bond acceptors (Lipinski definition) is 5. The number of benzene rings is 1. The fourth-order valence-corrected chi connectivity index (χ4v) is 5.44. The number of sulfonamides is 1. The van der Waals surface area contributed by atoms with Gasteiger partial charge in [0.25, 0.3) is 5.56 Å². The Labute approximate surface area is 186 Å². The van der Waals surface area contributed by atoms with Gasteiger partial charge in [0.05, 0.1) is 22.7 Å². The van der Waals surface area contributed by atoms with Crippen LogP contribution in [0.1, 0.15) is 24.8 Å². The molecule has 1 aromatic heterocycles. The van der Waals surface area contributed by atoms with Crippen LogP contribution in [-0.2, 0) is 17.1 Å². The van der Waals surface area contributed by atoms with Gasteiger partial charge in [-0.05, 0) is 66.6 Å². The summed E-state index contributed by atoms with van der Waals surface area (Å²) in [7, 11) is -2.60. The Morgan fingerprint density at radius 3 is 2.53 bits per heavy atom. The Kier molecular flexibility index (Phi) is 6.44. The topological polar surface area (TPSA) is 100 Å². The van der Waals surface area contributed by atoms with E-state index in [-0.39, 0.29) is 47.6 Å². The monoisotopic (exact) mass is 553 g/mol. The minimum absolute atomic E-state index is 0.0539. The molecule has 0 saturated heterocycles. The normalized spacial score (nSPS) is 16.2. The molecule has 1 saturated carbocycles. The largest absolute Gasteiger partial charge is 0.393 e. The number of nitrogens with one attached hydrogen (secondary N) is 2. The number of nitrogens with zero attached hydrogens (tertiary/aromatic N) is 1. The molecule has 1 heterocycles. The van der Waals surface area contributed by atoms with E-state index in [2.05, 4.69) is 10.0 Å². The minimum atomic E-state index is -4.04. The summed E-state index contributed by atoms with van der Waals surface area (Å²) in [5.74, 6) is -0.505. The molecule has 11 heteroatoms. The summed E-state index contributed by atoms with van der Waals surface area (Å²) in [4.78, 5) is 12.4. The Morgan fingerprint density at radius 2 is 1.97 bits per heavy atom. The van der Waals surface area contributed by atoms with Crippen molar-refractivity contribution in [1.82, 2.24) is 4.57 Å². The number of aliphatic hydroxyl groups is 1. The van der Waals surface area contributed by atoms with Gasteiger partial charge in [0.1, 0.15) is 17.8 Å². The minimum Gasteiger partial charge on any atom is -0.393 e. The fourth-order valence-electron chi connectivity index (χ4n) is 3.28. The molecule has 1 aliphatic rings. The first kappa shape index (κ1) is 22.9. The number of halogens is 3. The van der Waals surface area contributed by atoms with Crippen molar-refractivity contribution < 1.29 is 22.3 Å². The van der Waals surface area contributed by atoms with E-state index in [0.29, 0.717) is 3.57 Å². The van der Waals surface area contributed by atoms with Gasteiger partial charge in [0.2, 0.25) is 10.0 Å². The zero-order valence-corrected chi connectivity index (χ0v) is 19.4. The highest BCUT2D eigenvalue weighted by atomic mass is 127. The molecule has 7 nitrogen and oxygen atoms in total. The van der Waals surface area contributed by atoms with Crippen LogP contribution in [0.25, 0.3) is 0 Å². The van der Waals surface area contributed by atoms with E-state index < -0.39 is 33.4 Å². The molecule has 164 valence electrons. The van der Waals surface area contributed by atoms with Crippen molar-refractivity contribution in [3.63, 3.8) is 0 Å². The Bertz CT molecular complexity index is 1130. The number of rotatable bonds is 8. The Balaban J connectivity index is 2.01. The van der Waals surface area contributed by atoms with Gasteiger partial charge < -0.3 is 10.4 Å². The zero-order chi connectivity index (χ0) is 22.3. The number of hydrogen-bond donors (Lipinski definition) is 3. The van der Waals surface area contributed by atoms with Crippen LogP contribution < -0.4 is 15.6 Å². The molecular weight excluding hydrogens is 531 g/mol. The van der Waals surface area contributed by atoms with Crippen molar-refractivity contribution in [2.45, 2.75) is 37.1 Å². The molecule has 1 aliphatic carbocycles. The van der Waals surface area contributed by atoms with E-state index >= 15 is 0 Å². The number of aryl methyl sites for hydroxylation is 1. The quantitative estimate of drug-likeness (QED) is 0.437. The van der Waals surface area contributed by atoms with Crippen LogP contribution in [-0.4, -0.2) is 35.6 Å². The van der Waals surface area contributed by atoms with Crippen LogP contribution >= 0.6 is 22.6 Å². The molecule has 30 heavy (non-hydrogen) atoms. The van der Waals surface area contributed by atoms with Crippen molar-refractivity contribution in [1.29, 1.82) is 0 Å². The maximum absolute atomic E-state index is 14.3. The highest BCUT2D eigenvalue weighted by Crippen LogP contribution is 2.48. The average Bonchev–Trinajstić information content (AvgIpc) is 3.45. The Hall–Kier alpha value is -1.73. The summed E-state index contributed by atoms with van der Waals surface area (Å²) in [5, 5.41) is 11.8. The highest BCUT2D eigenvalue weighted by Gasteiger charge is 2.55. The molecule has 3 N–H and O–H groups in total. The molecule has 1 fully saturated rings. The van der Waals surface area contributed by atoms with Crippen LogP contribution in [0.4, 0.5) is 26.0 Å². The first-order valence-electron chi connectivity index (χ1n) is 9.20. The molecule has 2 aromatic rings. The van der Waals surface area contributed by atoms with Crippen molar-refractivity contribution in [3.8, 4) is 0 Å². The van der Waals surface area contributed by atoms with Crippen molar-refractivity contribution in [2.24, 2.45) is 7.05 Å². The van der Waals surface area contributed by atoms with Crippen LogP contribution in [0, 0.1) is 16.3 Å². The van der Waals surface area contributed by atoms with Crippen LogP contribution in [0.2, 0.25) is 0 Å². The molecule has 0 spiro atoms. The second-order valence-electron chi connectivity index (χ2n) is 7.48. The fraction of sp³-hybridized carbons (Fsp3) is 0.421. The lowest BCUT2D eigenvalue weighted by Gasteiger charge is -2.22. The third-order valence-electron chi connectivity index (χ3n) is 5.19. The predicted molar refractivity (Wildman–Crippen MR) is 120 cm³/mol. The smallest absolute Gasteiger partial charge is 0.254 e. The third kappa shape index (κ3) is 4.47. The molecule has 0 radical (unpaired) electrons. The summed E-state index contributed by atoms with van der Waals surface area (Å²) in [6.45, 7) is 0.778. The molecule has 3 rings (SSSR count). The van der Waals surface area contributed by atoms with Gasteiger partial charge in [0.15, 0.2) is 0 Å². The van der Waals surface area contributed by atoms with E-state index in [9.17, 15) is 22.0 Å². The van der Waals surface area contributed by atoms with E-state index in [0.717, 1.165) is 0 Å². The molecule has 1 aromatic carbocycles. The van der Waals surface area contributed by atoms with Gasteiger partial charge in [-0.1, -0.05) is 0 Å². The zero-order valence-electron chi connectivity index (χ0n) is 16.4. The summed E-state index contributed by atoms with van der Waals surface area (Å²) >= 11 is 1.96. The lowest BCUT2D eigenvalue weighted by atomic mass is 10.2.